The van der Waals surface area contributed by atoms with Crippen LogP contribution in [0.2, 0.25) is 10.0 Å². The number of nitrogens with one attached hydrogen (secondary N) is 1. The van der Waals surface area contributed by atoms with E-state index in [-0.39, 0.29) is 18.4 Å². The van der Waals surface area contributed by atoms with E-state index >= 15 is 0 Å². The van der Waals surface area contributed by atoms with Crippen LogP contribution in [0.15, 0.2) is 71.1 Å². The van der Waals surface area contributed by atoms with Crippen LogP contribution in [-0.2, 0) is 4.79 Å². The zero-order valence-electron chi connectivity index (χ0n) is 18.4. The van der Waals surface area contributed by atoms with Crippen LogP contribution in [0.1, 0.15) is 15.9 Å². The predicted molar refractivity (Wildman–Crippen MR) is 132 cm³/mol. The number of nitrogens with zero attached hydrogens (tertiary/aromatic N) is 3. The van der Waals surface area contributed by atoms with E-state index in [9.17, 15) is 9.59 Å². The number of benzene rings is 3. The minimum absolute atomic E-state index is 0.135. The Hall–Kier alpha value is -3.68. The molecule has 0 unspecified atom stereocenters. The molecule has 1 N–H and O–H groups in total. The summed E-state index contributed by atoms with van der Waals surface area (Å²) in [5, 5.41) is 11.6. The second-order valence-electron chi connectivity index (χ2n) is 7.70. The van der Waals surface area contributed by atoms with Gasteiger partial charge in [-0.1, -0.05) is 40.9 Å². The minimum Gasteiger partial charge on any atom is -0.416 e. The molecule has 0 aliphatic rings. The third-order valence-electron chi connectivity index (χ3n) is 5.00. The van der Waals surface area contributed by atoms with Crippen molar-refractivity contribution in [2.75, 3.05) is 18.9 Å². The van der Waals surface area contributed by atoms with Gasteiger partial charge in [0, 0.05) is 29.4 Å². The summed E-state index contributed by atoms with van der Waals surface area (Å²) in [4.78, 5) is 26.4. The lowest BCUT2D eigenvalue weighted by atomic mass is 10.1. The standard InChI is InChI=1S/C25H20Cl2N4O3/c1-15-4-3-5-18(12-15)24-30-29-23(34-24)16-6-8-17(9-7-16)25(33)31(2)14-22(32)28-19-10-11-20(26)21(27)13-19/h3-13H,14H2,1-2H3,(H,28,32). The molecule has 0 spiro atoms. The quantitative estimate of drug-likeness (QED) is 0.369. The summed E-state index contributed by atoms with van der Waals surface area (Å²) >= 11 is 11.9. The van der Waals surface area contributed by atoms with Gasteiger partial charge >= 0.3 is 0 Å². The zero-order chi connectivity index (χ0) is 24.2. The van der Waals surface area contributed by atoms with Gasteiger partial charge in [-0.2, -0.15) is 0 Å². The Balaban J connectivity index is 1.39. The van der Waals surface area contributed by atoms with Crippen LogP contribution in [0.4, 0.5) is 5.69 Å². The van der Waals surface area contributed by atoms with Gasteiger partial charge < -0.3 is 14.6 Å². The molecule has 3 aromatic carbocycles. The van der Waals surface area contributed by atoms with Crippen molar-refractivity contribution < 1.29 is 14.0 Å². The van der Waals surface area contributed by atoms with Crippen molar-refractivity contribution in [3.63, 3.8) is 0 Å². The van der Waals surface area contributed by atoms with Crippen LogP contribution < -0.4 is 5.32 Å². The van der Waals surface area contributed by atoms with Gasteiger partial charge in [-0.3, -0.25) is 9.59 Å². The normalized spacial score (nSPS) is 10.7. The fourth-order valence-corrected chi connectivity index (χ4v) is 3.57. The number of aromatic nitrogens is 2. The molecule has 0 aliphatic heterocycles. The number of anilines is 1. The summed E-state index contributed by atoms with van der Waals surface area (Å²) < 4.78 is 5.80. The Morgan fingerprint density at radius 1 is 0.912 bits per heavy atom. The first kappa shape index (κ1) is 23.5. The highest BCUT2D eigenvalue weighted by atomic mass is 35.5. The monoisotopic (exact) mass is 494 g/mol. The number of rotatable bonds is 6. The van der Waals surface area contributed by atoms with Crippen molar-refractivity contribution in [1.29, 1.82) is 0 Å². The third kappa shape index (κ3) is 5.44. The van der Waals surface area contributed by atoms with E-state index in [0.717, 1.165) is 11.1 Å². The molecule has 0 atom stereocenters. The fraction of sp³-hybridized carbons (Fsp3) is 0.120. The number of amides is 2. The molecule has 172 valence electrons. The molecular weight excluding hydrogens is 475 g/mol. The van der Waals surface area contributed by atoms with Crippen LogP contribution in [0.5, 0.6) is 0 Å². The lowest BCUT2D eigenvalue weighted by molar-refractivity contribution is -0.116. The highest BCUT2D eigenvalue weighted by molar-refractivity contribution is 6.42. The number of likely N-dealkylation sites (N-methyl/N-ethyl adjacent to an activating group) is 1. The van der Waals surface area contributed by atoms with Crippen LogP contribution in [-0.4, -0.2) is 40.5 Å². The molecule has 9 heteroatoms. The maximum Gasteiger partial charge on any atom is 0.254 e. The molecule has 4 aromatic rings. The van der Waals surface area contributed by atoms with E-state index in [0.29, 0.717) is 38.6 Å². The molecule has 7 nitrogen and oxygen atoms in total. The Labute approximate surface area is 206 Å². The molecule has 1 aromatic heterocycles. The first-order valence-electron chi connectivity index (χ1n) is 10.3. The summed E-state index contributed by atoms with van der Waals surface area (Å²) in [6, 6.07) is 19.3. The molecule has 0 saturated carbocycles. The Morgan fingerprint density at radius 3 is 2.29 bits per heavy atom. The van der Waals surface area contributed by atoms with E-state index in [2.05, 4.69) is 15.5 Å². The largest absolute Gasteiger partial charge is 0.416 e. The molecule has 4 rings (SSSR count). The van der Waals surface area contributed by atoms with Gasteiger partial charge in [-0.25, -0.2) is 0 Å². The van der Waals surface area contributed by atoms with Gasteiger partial charge in [0.1, 0.15) is 0 Å². The highest BCUT2D eigenvalue weighted by Gasteiger charge is 2.17. The number of carbonyl (C=O) groups is 2. The second kappa shape index (κ2) is 10.1. The Bertz CT molecular complexity index is 1350. The lowest BCUT2D eigenvalue weighted by Gasteiger charge is -2.17. The predicted octanol–water partition coefficient (Wildman–Crippen LogP) is 5.73. The highest BCUT2D eigenvalue weighted by Crippen LogP contribution is 2.26. The Morgan fingerprint density at radius 2 is 1.62 bits per heavy atom. The van der Waals surface area contributed by atoms with Gasteiger partial charge in [0.25, 0.3) is 5.91 Å². The average molecular weight is 495 g/mol. The van der Waals surface area contributed by atoms with Crippen molar-refractivity contribution in [3.8, 4) is 22.9 Å². The molecule has 2 amide bonds. The summed E-state index contributed by atoms with van der Waals surface area (Å²) in [7, 11) is 1.55. The van der Waals surface area contributed by atoms with Crippen molar-refractivity contribution in [2.24, 2.45) is 0 Å². The van der Waals surface area contributed by atoms with E-state index < -0.39 is 0 Å². The van der Waals surface area contributed by atoms with Crippen LogP contribution in [0, 0.1) is 6.92 Å². The molecule has 0 saturated heterocycles. The summed E-state index contributed by atoms with van der Waals surface area (Å²) in [5.41, 5.74) is 3.53. The SMILES string of the molecule is Cc1cccc(-c2nnc(-c3ccc(C(=O)N(C)CC(=O)Nc4ccc(Cl)c(Cl)c4)cc3)o2)c1. The van der Waals surface area contributed by atoms with Gasteiger partial charge in [0.15, 0.2) is 0 Å². The van der Waals surface area contributed by atoms with Crippen molar-refractivity contribution >= 4 is 40.7 Å². The second-order valence-corrected chi connectivity index (χ2v) is 8.51. The zero-order valence-corrected chi connectivity index (χ0v) is 19.9. The Kier molecular flexibility index (Phi) is 6.95. The lowest BCUT2D eigenvalue weighted by Crippen LogP contribution is -2.34. The van der Waals surface area contributed by atoms with Gasteiger partial charge in [-0.15, -0.1) is 10.2 Å². The maximum atomic E-state index is 12.8. The van der Waals surface area contributed by atoms with Crippen LogP contribution in [0.3, 0.4) is 0 Å². The maximum absolute atomic E-state index is 12.8. The molecule has 1 heterocycles. The smallest absolute Gasteiger partial charge is 0.254 e. The van der Waals surface area contributed by atoms with Gasteiger partial charge in [0.05, 0.1) is 16.6 Å². The summed E-state index contributed by atoms with van der Waals surface area (Å²) in [5.74, 6) is 0.110. The van der Waals surface area contributed by atoms with E-state index in [4.69, 9.17) is 27.6 Å². The third-order valence-corrected chi connectivity index (χ3v) is 5.74. The molecular formula is C25H20Cl2N4O3. The molecule has 0 aliphatic carbocycles. The molecule has 0 fully saturated rings. The number of aryl methyl sites for hydroxylation is 1. The molecule has 0 bridgehead atoms. The van der Waals surface area contributed by atoms with Gasteiger partial charge in [-0.05, 0) is 61.5 Å². The molecule has 0 radical (unpaired) electrons. The molecule has 34 heavy (non-hydrogen) atoms. The van der Waals surface area contributed by atoms with E-state index in [1.54, 1.807) is 49.5 Å². The minimum atomic E-state index is -0.361. The number of hydrogen-bond donors (Lipinski definition) is 1. The first-order valence-corrected chi connectivity index (χ1v) is 11.1. The van der Waals surface area contributed by atoms with Crippen molar-refractivity contribution in [1.82, 2.24) is 15.1 Å². The summed E-state index contributed by atoms with van der Waals surface area (Å²) in [6.07, 6.45) is 0. The van der Waals surface area contributed by atoms with Crippen LogP contribution >= 0.6 is 23.2 Å². The summed E-state index contributed by atoms with van der Waals surface area (Å²) in [6.45, 7) is 1.86. The van der Waals surface area contributed by atoms with Gasteiger partial charge in [0.2, 0.25) is 17.7 Å². The van der Waals surface area contributed by atoms with Crippen molar-refractivity contribution in [3.05, 3.63) is 87.9 Å². The number of hydrogen-bond acceptors (Lipinski definition) is 5. The van der Waals surface area contributed by atoms with Crippen LogP contribution in [0.25, 0.3) is 22.9 Å². The number of carbonyl (C=O) groups excluding carboxylic acids is 2. The van der Waals surface area contributed by atoms with E-state index in [1.807, 2.05) is 31.2 Å². The van der Waals surface area contributed by atoms with Crippen molar-refractivity contribution in [2.45, 2.75) is 6.92 Å². The first-order chi connectivity index (χ1) is 16.3. The fourth-order valence-electron chi connectivity index (χ4n) is 3.27. The number of halogens is 2. The topological polar surface area (TPSA) is 88.3 Å². The average Bonchev–Trinajstić information content (AvgIpc) is 3.31. The van der Waals surface area contributed by atoms with E-state index in [1.165, 1.54) is 4.90 Å².